The average molecular weight is 292 g/mol. The minimum atomic E-state index is 0.502. The fourth-order valence-electron chi connectivity index (χ4n) is 2.22. The predicted molar refractivity (Wildman–Crippen MR) is 83.9 cm³/mol. The molecule has 0 aliphatic rings. The Bertz CT molecular complexity index is 556. The Labute approximate surface area is 125 Å². The van der Waals surface area contributed by atoms with E-state index >= 15 is 0 Å². The van der Waals surface area contributed by atoms with Crippen LogP contribution in [0.4, 0.5) is 0 Å². The fourth-order valence-corrected chi connectivity index (χ4v) is 3.18. The molecule has 0 saturated carbocycles. The van der Waals surface area contributed by atoms with E-state index in [2.05, 4.69) is 55.8 Å². The number of nitrogens with zero attached hydrogens (tertiary/aromatic N) is 4. The van der Waals surface area contributed by atoms with E-state index in [-0.39, 0.29) is 0 Å². The van der Waals surface area contributed by atoms with Crippen LogP contribution in [0.5, 0.6) is 0 Å². The lowest BCUT2D eigenvalue weighted by atomic mass is 10.2. The SMILES string of the molecule is CCn1cc(CN(Cc2sc(C)nc2C)C(C)C)cn1. The summed E-state index contributed by atoms with van der Waals surface area (Å²) in [5, 5.41) is 5.51. The van der Waals surface area contributed by atoms with Gasteiger partial charge in [-0.1, -0.05) is 0 Å². The highest BCUT2D eigenvalue weighted by Crippen LogP contribution is 2.21. The Morgan fingerprint density at radius 3 is 2.55 bits per heavy atom. The molecule has 0 unspecified atom stereocenters. The van der Waals surface area contributed by atoms with E-state index in [9.17, 15) is 0 Å². The van der Waals surface area contributed by atoms with E-state index in [0.717, 1.165) is 24.6 Å². The van der Waals surface area contributed by atoms with Crippen molar-refractivity contribution in [1.29, 1.82) is 0 Å². The van der Waals surface area contributed by atoms with Gasteiger partial charge in [-0.15, -0.1) is 11.3 Å². The summed E-state index contributed by atoms with van der Waals surface area (Å²) < 4.78 is 1.98. The number of rotatable bonds is 6. The van der Waals surface area contributed by atoms with Crippen LogP contribution in [0.2, 0.25) is 0 Å². The lowest BCUT2D eigenvalue weighted by Gasteiger charge is -2.25. The summed E-state index contributed by atoms with van der Waals surface area (Å²) in [5.74, 6) is 0. The molecule has 110 valence electrons. The molecule has 0 fully saturated rings. The average Bonchev–Trinajstić information content (AvgIpc) is 2.95. The summed E-state index contributed by atoms with van der Waals surface area (Å²) >= 11 is 1.81. The number of aryl methyl sites for hydroxylation is 3. The molecule has 0 saturated heterocycles. The molecule has 0 amide bonds. The molecule has 0 bridgehead atoms. The molecule has 0 aromatic carbocycles. The van der Waals surface area contributed by atoms with Crippen molar-refractivity contribution in [3.63, 3.8) is 0 Å². The zero-order chi connectivity index (χ0) is 14.7. The quantitative estimate of drug-likeness (QED) is 0.818. The minimum Gasteiger partial charge on any atom is -0.291 e. The zero-order valence-corrected chi connectivity index (χ0v) is 13.9. The van der Waals surface area contributed by atoms with Crippen LogP contribution in [-0.2, 0) is 19.6 Å². The number of aromatic nitrogens is 3. The second-order valence-corrected chi connectivity index (χ2v) is 6.73. The van der Waals surface area contributed by atoms with Crippen molar-refractivity contribution < 1.29 is 0 Å². The Morgan fingerprint density at radius 2 is 2.05 bits per heavy atom. The minimum absolute atomic E-state index is 0.502. The molecule has 5 heteroatoms. The summed E-state index contributed by atoms with van der Waals surface area (Å²) in [5.41, 5.74) is 2.45. The molecule has 0 aliphatic carbocycles. The third-order valence-corrected chi connectivity index (χ3v) is 4.53. The van der Waals surface area contributed by atoms with E-state index in [1.165, 1.54) is 16.1 Å². The van der Waals surface area contributed by atoms with Crippen LogP contribution in [0.3, 0.4) is 0 Å². The van der Waals surface area contributed by atoms with Gasteiger partial charge in [0, 0.05) is 42.3 Å². The highest BCUT2D eigenvalue weighted by molar-refractivity contribution is 7.11. The monoisotopic (exact) mass is 292 g/mol. The fraction of sp³-hybridized carbons (Fsp3) is 0.600. The van der Waals surface area contributed by atoms with Crippen molar-refractivity contribution in [1.82, 2.24) is 19.7 Å². The van der Waals surface area contributed by atoms with Crippen LogP contribution in [0.25, 0.3) is 0 Å². The molecule has 0 radical (unpaired) electrons. The zero-order valence-electron chi connectivity index (χ0n) is 13.1. The summed E-state index contributed by atoms with van der Waals surface area (Å²) in [6.45, 7) is 13.6. The topological polar surface area (TPSA) is 34.0 Å². The Morgan fingerprint density at radius 1 is 1.30 bits per heavy atom. The molecule has 2 aromatic rings. The number of hydrogen-bond donors (Lipinski definition) is 0. The second kappa shape index (κ2) is 6.50. The molecule has 4 nitrogen and oxygen atoms in total. The molecular formula is C15H24N4S. The van der Waals surface area contributed by atoms with E-state index in [1.54, 1.807) is 11.3 Å². The van der Waals surface area contributed by atoms with Crippen molar-refractivity contribution in [2.75, 3.05) is 0 Å². The van der Waals surface area contributed by atoms with Gasteiger partial charge in [-0.3, -0.25) is 9.58 Å². The van der Waals surface area contributed by atoms with Crippen LogP contribution in [0.15, 0.2) is 12.4 Å². The number of thiazole rings is 1. The molecule has 0 atom stereocenters. The summed E-state index contributed by atoms with van der Waals surface area (Å²) in [6.07, 6.45) is 4.11. The normalized spacial score (nSPS) is 11.8. The molecule has 0 spiro atoms. The van der Waals surface area contributed by atoms with Crippen molar-refractivity contribution in [2.45, 2.75) is 60.3 Å². The Hall–Kier alpha value is -1.20. The Balaban J connectivity index is 2.09. The lowest BCUT2D eigenvalue weighted by molar-refractivity contribution is 0.205. The maximum absolute atomic E-state index is 4.52. The van der Waals surface area contributed by atoms with Gasteiger partial charge >= 0.3 is 0 Å². The van der Waals surface area contributed by atoms with Gasteiger partial charge in [-0.25, -0.2) is 4.98 Å². The predicted octanol–water partition coefficient (Wildman–Crippen LogP) is 3.39. The van der Waals surface area contributed by atoms with Gasteiger partial charge in [0.1, 0.15) is 0 Å². The highest BCUT2D eigenvalue weighted by atomic mass is 32.1. The first-order chi connectivity index (χ1) is 9.49. The van der Waals surface area contributed by atoms with Crippen molar-refractivity contribution in [2.24, 2.45) is 0 Å². The molecule has 2 aromatic heterocycles. The van der Waals surface area contributed by atoms with Gasteiger partial charge < -0.3 is 0 Å². The molecule has 2 rings (SSSR count). The van der Waals surface area contributed by atoms with E-state index in [4.69, 9.17) is 0 Å². The number of hydrogen-bond acceptors (Lipinski definition) is 4. The first-order valence-electron chi connectivity index (χ1n) is 7.18. The smallest absolute Gasteiger partial charge is 0.0900 e. The second-order valence-electron chi connectivity index (χ2n) is 5.44. The standard InChI is InChI=1S/C15H24N4S/c1-6-19-9-14(7-16-19)8-18(11(2)3)10-15-12(4)17-13(5)20-15/h7,9,11H,6,8,10H2,1-5H3. The van der Waals surface area contributed by atoms with Crippen LogP contribution in [0.1, 0.15) is 41.9 Å². The third-order valence-electron chi connectivity index (χ3n) is 3.47. The van der Waals surface area contributed by atoms with Gasteiger partial charge in [0.2, 0.25) is 0 Å². The maximum Gasteiger partial charge on any atom is 0.0900 e. The molecule has 2 heterocycles. The molecule has 0 aliphatic heterocycles. The summed E-state index contributed by atoms with van der Waals surface area (Å²) in [4.78, 5) is 8.37. The van der Waals surface area contributed by atoms with Gasteiger partial charge in [-0.05, 0) is 34.6 Å². The van der Waals surface area contributed by atoms with Gasteiger partial charge in [0.05, 0.1) is 16.9 Å². The van der Waals surface area contributed by atoms with E-state index in [0.29, 0.717) is 6.04 Å². The van der Waals surface area contributed by atoms with Gasteiger partial charge in [0.15, 0.2) is 0 Å². The lowest BCUT2D eigenvalue weighted by Crippen LogP contribution is -2.29. The van der Waals surface area contributed by atoms with Crippen molar-refractivity contribution in [3.8, 4) is 0 Å². The maximum atomic E-state index is 4.52. The third kappa shape index (κ3) is 3.67. The Kier molecular flexibility index (Phi) is 4.94. The van der Waals surface area contributed by atoms with E-state index < -0.39 is 0 Å². The summed E-state index contributed by atoms with van der Waals surface area (Å²) in [7, 11) is 0. The summed E-state index contributed by atoms with van der Waals surface area (Å²) in [6, 6.07) is 0.502. The first kappa shape index (κ1) is 15.2. The van der Waals surface area contributed by atoms with Crippen molar-refractivity contribution >= 4 is 11.3 Å². The van der Waals surface area contributed by atoms with Crippen LogP contribution < -0.4 is 0 Å². The highest BCUT2D eigenvalue weighted by Gasteiger charge is 2.15. The van der Waals surface area contributed by atoms with Crippen molar-refractivity contribution in [3.05, 3.63) is 33.5 Å². The van der Waals surface area contributed by atoms with Crippen LogP contribution in [0, 0.1) is 13.8 Å². The molecule has 20 heavy (non-hydrogen) atoms. The van der Waals surface area contributed by atoms with Gasteiger partial charge in [-0.2, -0.15) is 5.10 Å². The molecular weight excluding hydrogens is 268 g/mol. The van der Waals surface area contributed by atoms with Crippen LogP contribution >= 0.6 is 11.3 Å². The van der Waals surface area contributed by atoms with Gasteiger partial charge in [0.25, 0.3) is 0 Å². The molecule has 0 N–H and O–H groups in total. The first-order valence-corrected chi connectivity index (χ1v) is 7.99. The largest absolute Gasteiger partial charge is 0.291 e. The van der Waals surface area contributed by atoms with E-state index in [1.807, 2.05) is 10.9 Å². The van der Waals surface area contributed by atoms with Crippen LogP contribution in [-0.4, -0.2) is 25.7 Å².